The first kappa shape index (κ1) is 15.4. The van der Waals surface area contributed by atoms with Gasteiger partial charge in [0.1, 0.15) is 0 Å². The summed E-state index contributed by atoms with van der Waals surface area (Å²) in [4.78, 5) is 15.5. The Morgan fingerprint density at radius 1 is 0.958 bits per heavy atom. The number of carbonyl (C=O) groups excluding carboxylic acids is 1. The third-order valence-corrected chi connectivity index (χ3v) is 5.75. The number of piperidine rings is 2. The Morgan fingerprint density at radius 3 is 2.33 bits per heavy atom. The number of benzene rings is 2. The van der Waals surface area contributed by atoms with Crippen LogP contribution >= 0.6 is 0 Å². The lowest BCUT2D eigenvalue weighted by Crippen LogP contribution is -2.60. The molecule has 3 aliphatic rings. The number of rotatable bonds is 3. The van der Waals surface area contributed by atoms with Crippen molar-refractivity contribution >= 4 is 5.91 Å². The van der Waals surface area contributed by atoms with Crippen LogP contribution in [0.4, 0.5) is 0 Å². The van der Waals surface area contributed by atoms with Crippen molar-refractivity contribution in [3.8, 4) is 11.1 Å². The molecule has 1 aliphatic carbocycles. The van der Waals surface area contributed by atoms with Crippen molar-refractivity contribution in [3.05, 3.63) is 60.2 Å². The SMILES string of the molecule is NCC1[C@H]2CC[C@@H](CC2)N1C(=O)c1ccccc1-c1ccccc1. The lowest BCUT2D eigenvalue weighted by molar-refractivity contribution is 0.000228. The Balaban J connectivity index is 1.73. The molecule has 0 radical (unpaired) electrons. The molecule has 1 atom stereocenters. The zero-order valence-electron chi connectivity index (χ0n) is 13.9. The summed E-state index contributed by atoms with van der Waals surface area (Å²) in [5, 5.41) is 0. The third-order valence-electron chi connectivity index (χ3n) is 5.75. The van der Waals surface area contributed by atoms with Crippen LogP contribution < -0.4 is 5.73 Å². The highest BCUT2D eigenvalue weighted by Gasteiger charge is 2.43. The van der Waals surface area contributed by atoms with Crippen LogP contribution in [0.2, 0.25) is 0 Å². The van der Waals surface area contributed by atoms with E-state index < -0.39 is 0 Å². The minimum absolute atomic E-state index is 0.152. The van der Waals surface area contributed by atoms with Crippen molar-refractivity contribution in [2.24, 2.45) is 11.7 Å². The van der Waals surface area contributed by atoms with E-state index in [1.807, 2.05) is 42.5 Å². The van der Waals surface area contributed by atoms with Crippen molar-refractivity contribution in [1.82, 2.24) is 4.90 Å². The van der Waals surface area contributed by atoms with Gasteiger partial charge in [-0.1, -0.05) is 48.5 Å². The number of hydrogen-bond donors (Lipinski definition) is 1. The maximum absolute atomic E-state index is 13.4. The second-order valence-electron chi connectivity index (χ2n) is 7.00. The molecule has 1 amide bonds. The molecule has 2 aromatic carbocycles. The van der Waals surface area contributed by atoms with Gasteiger partial charge in [0.25, 0.3) is 5.91 Å². The molecule has 2 N–H and O–H groups in total. The van der Waals surface area contributed by atoms with Crippen LogP contribution in [-0.2, 0) is 0 Å². The molecular weight excluding hydrogens is 296 g/mol. The molecular formula is C21H24N2O. The van der Waals surface area contributed by atoms with E-state index in [-0.39, 0.29) is 11.9 Å². The average molecular weight is 320 g/mol. The maximum Gasteiger partial charge on any atom is 0.255 e. The number of amides is 1. The summed E-state index contributed by atoms with van der Waals surface area (Å²) < 4.78 is 0. The molecule has 1 saturated carbocycles. The van der Waals surface area contributed by atoms with Crippen molar-refractivity contribution in [2.75, 3.05) is 6.54 Å². The first-order chi connectivity index (χ1) is 11.8. The van der Waals surface area contributed by atoms with Gasteiger partial charge in [-0.05, 0) is 48.8 Å². The van der Waals surface area contributed by atoms with E-state index in [0.29, 0.717) is 18.5 Å². The molecule has 2 aromatic rings. The highest BCUT2D eigenvalue weighted by atomic mass is 16.2. The predicted octanol–water partition coefficient (Wildman–Crippen LogP) is 3.70. The summed E-state index contributed by atoms with van der Waals surface area (Å²) in [6.45, 7) is 0.570. The molecule has 0 aromatic heterocycles. The maximum atomic E-state index is 13.4. The van der Waals surface area contributed by atoms with Crippen molar-refractivity contribution < 1.29 is 4.79 Å². The number of carbonyl (C=O) groups is 1. The number of hydrogen-bond acceptors (Lipinski definition) is 2. The molecule has 2 bridgehead atoms. The zero-order chi connectivity index (χ0) is 16.5. The normalized spacial score (nSPS) is 25.7. The first-order valence-electron chi connectivity index (χ1n) is 8.96. The second kappa shape index (κ2) is 6.40. The van der Waals surface area contributed by atoms with Gasteiger partial charge in [0.15, 0.2) is 0 Å². The summed E-state index contributed by atoms with van der Waals surface area (Å²) in [5.74, 6) is 0.729. The lowest BCUT2D eigenvalue weighted by atomic mass is 9.74. The number of nitrogens with two attached hydrogens (primary N) is 1. The highest BCUT2D eigenvalue weighted by molar-refractivity contribution is 6.01. The van der Waals surface area contributed by atoms with Gasteiger partial charge >= 0.3 is 0 Å². The minimum Gasteiger partial charge on any atom is -0.331 e. The summed E-state index contributed by atoms with van der Waals surface area (Å²) in [5.41, 5.74) is 8.96. The van der Waals surface area contributed by atoms with E-state index in [0.717, 1.165) is 29.5 Å². The summed E-state index contributed by atoms with van der Waals surface area (Å²) >= 11 is 0. The first-order valence-corrected chi connectivity index (χ1v) is 8.96. The fraction of sp³-hybridized carbons (Fsp3) is 0.381. The molecule has 24 heavy (non-hydrogen) atoms. The molecule has 3 heteroatoms. The molecule has 5 rings (SSSR count). The van der Waals surface area contributed by atoms with Gasteiger partial charge in [0.05, 0.1) is 0 Å². The summed E-state index contributed by atoms with van der Waals surface area (Å²) in [6.07, 6.45) is 4.69. The van der Waals surface area contributed by atoms with Crippen LogP contribution in [0.15, 0.2) is 54.6 Å². The smallest absolute Gasteiger partial charge is 0.255 e. The van der Waals surface area contributed by atoms with Crippen LogP contribution in [0.5, 0.6) is 0 Å². The molecule has 124 valence electrons. The fourth-order valence-electron chi connectivity index (χ4n) is 4.56. The van der Waals surface area contributed by atoms with Gasteiger partial charge in [-0.15, -0.1) is 0 Å². The molecule has 2 saturated heterocycles. The molecule has 2 heterocycles. The van der Waals surface area contributed by atoms with Gasteiger partial charge < -0.3 is 10.6 Å². The van der Waals surface area contributed by atoms with E-state index in [2.05, 4.69) is 17.0 Å². The van der Waals surface area contributed by atoms with E-state index in [1.54, 1.807) is 0 Å². The van der Waals surface area contributed by atoms with Crippen LogP contribution in [-0.4, -0.2) is 29.4 Å². The highest BCUT2D eigenvalue weighted by Crippen LogP contribution is 2.40. The lowest BCUT2D eigenvalue weighted by Gasteiger charge is -2.51. The molecule has 0 spiro atoms. The Kier molecular flexibility index (Phi) is 4.11. The van der Waals surface area contributed by atoms with Gasteiger partial charge in [-0.25, -0.2) is 0 Å². The van der Waals surface area contributed by atoms with Gasteiger partial charge in [-0.3, -0.25) is 4.79 Å². The third kappa shape index (κ3) is 2.53. The largest absolute Gasteiger partial charge is 0.331 e. The van der Waals surface area contributed by atoms with Crippen LogP contribution in [0.25, 0.3) is 11.1 Å². The minimum atomic E-state index is 0.152. The van der Waals surface area contributed by atoms with Crippen molar-refractivity contribution in [2.45, 2.75) is 37.8 Å². The van der Waals surface area contributed by atoms with E-state index in [4.69, 9.17) is 5.73 Å². The summed E-state index contributed by atoms with van der Waals surface area (Å²) in [6, 6.07) is 18.7. The van der Waals surface area contributed by atoms with Crippen LogP contribution in [0.1, 0.15) is 36.0 Å². The van der Waals surface area contributed by atoms with E-state index in [9.17, 15) is 4.79 Å². The van der Waals surface area contributed by atoms with Gasteiger partial charge in [0, 0.05) is 24.2 Å². The van der Waals surface area contributed by atoms with E-state index in [1.165, 1.54) is 12.8 Å². The monoisotopic (exact) mass is 320 g/mol. The molecule has 1 unspecified atom stereocenters. The van der Waals surface area contributed by atoms with Crippen molar-refractivity contribution in [3.63, 3.8) is 0 Å². The second-order valence-corrected chi connectivity index (χ2v) is 7.00. The molecule has 3 fully saturated rings. The van der Waals surface area contributed by atoms with Gasteiger partial charge in [-0.2, -0.15) is 0 Å². The Hall–Kier alpha value is -2.13. The number of nitrogens with zero attached hydrogens (tertiary/aromatic N) is 1. The Morgan fingerprint density at radius 2 is 1.62 bits per heavy atom. The number of fused-ring (bicyclic) bond motifs is 3. The van der Waals surface area contributed by atoms with Crippen LogP contribution in [0, 0.1) is 5.92 Å². The van der Waals surface area contributed by atoms with Gasteiger partial charge in [0.2, 0.25) is 0 Å². The van der Waals surface area contributed by atoms with Crippen molar-refractivity contribution in [1.29, 1.82) is 0 Å². The fourth-order valence-corrected chi connectivity index (χ4v) is 4.56. The molecule has 3 nitrogen and oxygen atoms in total. The predicted molar refractivity (Wildman–Crippen MR) is 96.6 cm³/mol. The zero-order valence-corrected chi connectivity index (χ0v) is 13.9. The average Bonchev–Trinajstić information content (AvgIpc) is 2.68. The summed E-state index contributed by atoms with van der Waals surface area (Å²) in [7, 11) is 0. The Labute approximate surface area is 143 Å². The quantitative estimate of drug-likeness (QED) is 0.937. The topological polar surface area (TPSA) is 46.3 Å². The molecule has 2 aliphatic heterocycles. The van der Waals surface area contributed by atoms with Crippen LogP contribution in [0.3, 0.4) is 0 Å². The van der Waals surface area contributed by atoms with E-state index >= 15 is 0 Å². The standard InChI is InChI=1S/C21H24N2O/c22-14-20-16-10-12-17(13-11-16)23(20)21(24)19-9-5-4-8-18(19)15-6-2-1-3-7-15/h1-9,16-17,20H,10-14,22H2/t16-,17-,20?. The Bertz CT molecular complexity index is 720.